The summed E-state index contributed by atoms with van der Waals surface area (Å²) in [5.74, 6) is -0.849. The summed E-state index contributed by atoms with van der Waals surface area (Å²) in [7, 11) is 0. The SMILES string of the molecule is O=C1c2ccccc2C(=O)N1OCC(O)COc1ccc([N+](=O)[O-])cc1. The number of hydrogen-bond donors (Lipinski definition) is 1. The van der Waals surface area contributed by atoms with E-state index < -0.39 is 22.8 Å². The summed E-state index contributed by atoms with van der Waals surface area (Å²) < 4.78 is 5.29. The Hall–Kier alpha value is -3.30. The third-order valence-electron chi connectivity index (χ3n) is 3.64. The van der Waals surface area contributed by atoms with E-state index in [0.29, 0.717) is 10.8 Å². The highest BCUT2D eigenvalue weighted by Crippen LogP contribution is 2.22. The Morgan fingerprint density at radius 3 is 2.12 bits per heavy atom. The molecule has 0 fully saturated rings. The van der Waals surface area contributed by atoms with E-state index in [0.717, 1.165) is 0 Å². The van der Waals surface area contributed by atoms with Gasteiger partial charge in [0.1, 0.15) is 25.1 Å². The van der Waals surface area contributed by atoms with E-state index in [4.69, 9.17) is 9.57 Å². The number of fused-ring (bicyclic) bond motifs is 1. The van der Waals surface area contributed by atoms with Gasteiger partial charge in [-0.2, -0.15) is 0 Å². The fourth-order valence-electron chi connectivity index (χ4n) is 2.35. The Morgan fingerprint density at radius 1 is 1.00 bits per heavy atom. The van der Waals surface area contributed by atoms with Gasteiger partial charge in [0.05, 0.1) is 16.1 Å². The van der Waals surface area contributed by atoms with E-state index in [1.165, 1.54) is 36.4 Å². The molecule has 0 aliphatic carbocycles. The highest BCUT2D eigenvalue weighted by Gasteiger charge is 2.36. The average molecular weight is 358 g/mol. The summed E-state index contributed by atoms with van der Waals surface area (Å²) >= 11 is 0. The van der Waals surface area contributed by atoms with Crippen LogP contribution in [0.1, 0.15) is 20.7 Å². The molecule has 0 bridgehead atoms. The van der Waals surface area contributed by atoms with Crippen LogP contribution in [0.3, 0.4) is 0 Å². The molecular weight excluding hydrogens is 344 g/mol. The van der Waals surface area contributed by atoms with Crippen molar-refractivity contribution >= 4 is 17.5 Å². The minimum Gasteiger partial charge on any atom is -0.491 e. The summed E-state index contributed by atoms with van der Waals surface area (Å²) in [5.41, 5.74) is 0.412. The number of non-ortho nitro benzene ring substituents is 1. The number of aliphatic hydroxyl groups is 1. The lowest BCUT2D eigenvalue weighted by Crippen LogP contribution is -2.35. The molecule has 1 atom stereocenters. The molecule has 26 heavy (non-hydrogen) atoms. The second-order valence-electron chi connectivity index (χ2n) is 5.46. The number of hydroxylamine groups is 2. The van der Waals surface area contributed by atoms with Gasteiger partial charge in [-0.3, -0.25) is 24.5 Å². The van der Waals surface area contributed by atoms with Crippen molar-refractivity contribution < 1.29 is 29.2 Å². The number of imide groups is 1. The number of benzene rings is 2. The Balaban J connectivity index is 1.50. The van der Waals surface area contributed by atoms with Gasteiger partial charge >= 0.3 is 0 Å². The topological polar surface area (TPSA) is 119 Å². The summed E-state index contributed by atoms with van der Waals surface area (Å²) in [4.78, 5) is 39.4. The minimum absolute atomic E-state index is 0.0770. The number of amides is 2. The molecule has 1 heterocycles. The van der Waals surface area contributed by atoms with Gasteiger partial charge in [0.25, 0.3) is 17.5 Å². The van der Waals surface area contributed by atoms with E-state index in [-0.39, 0.29) is 30.0 Å². The number of hydrogen-bond acceptors (Lipinski definition) is 7. The van der Waals surface area contributed by atoms with Gasteiger partial charge in [-0.25, -0.2) is 0 Å². The van der Waals surface area contributed by atoms with Gasteiger partial charge in [0.2, 0.25) is 0 Å². The largest absolute Gasteiger partial charge is 0.491 e. The molecule has 0 aromatic heterocycles. The first-order chi connectivity index (χ1) is 12.5. The van der Waals surface area contributed by atoms with Crippen LogP contribution in [0.15, 0.2) is 48.5 Å². The van der Waals surface area contributed by atoms with Gasteiger partial charge in [0, 0.05) is 12.1 Å². The van der Waals surface area contributed by atoms with Crippen molar-refractivity contribution in [3.05, 3.63) is 69.8 Å². The van der Waals surface area contributed by atoms with Gasteiger partial charge < -0.3 is 9.84 Å². The lowest BCUT2D eigenvalue weighted by molar-refractivity contribution is -0.384. The molecule has 2 aromatic carbocycles. The predicted molar refractivity (Wildman–Crippen MR) is 87.5 cm³/mol. The molecule has 1 aliphatic heterocycles. The Morgan fingerprint density at radius 2 is 1.58 bits per heavy atom. The molecule has 9 nitrogen and oxygen atoms in total. The number of ether oxygens (including phenoxy) is 1. The van der Waals surface area contributed by atoms with Crippen LogP contribution in [-0.4, -0.2) is 46.2 Å². The zero-order valence-electron chi connectivity index (χ0n) is 13.4. The maximum absolute atomic E-state index is 12.1. The number of nitrogens with zero attached hydrogens (tertiary/aromatic N) is 2. The molecule has 1 aliphatic rings. The number of carbonyl (C=O) groups is 2. The highest BCUT2D eigenvalue weighted by molar-refractivity contribution is 6.20. The van der Waals surface area contributed by atoms with Crippen molar-refractivity contribution in [2.24, 2.45) is 0 Å². The second kappa shape index (κ2) is 7.30. The molecule has 0 spiro atoms. The normalized spacial score (nSPS) is 14.3. The van der Waals surface area contributed by atoms with Crippen molar-refractivity contribution in [1.82, 2.24) is 5.06 Å². The van der Waals surface area contributed by atoms with Crippen molar-refractivity contribution in [3.63, 3.8) is 0 Å². The Kier molecular flexibility index (Phi) is 4.92. The summed E-state index contributed by atoms with van der Waals surface area (Å²) in [5, 5.41) is 21.1. The van der Waals surface area contributed by atoms with Gasteiger partial charge in [-0.15, -0.1) is 5.06 Å². The minimum atomic E-state index is -1.12. The first kappa shape index (κ1) is 17.5. The van der Waals surface area contributed by atoms with Crippen LogP contribution in [-0.2, 0) is 4.84 Å². The summed E-state index contributed by atoms with van der Waals surface area (Å²) in [6.07, 6.45) is -1.12. The van der Waals surface area contributed by atoms with Crippen LogP contribution in [0.5, 0.6) is 5.75 Å². The van der Waals surface area contributed by atoms with Crippen LogP contribution in [0.2, 0.25) is 0 Å². The maximum atomic E-state index is 12.1. The second-order valence-corrected chi connectivity index (χ2v) is 5.46. The van der Waals surface area contributed by atoms with E-state index >= 15 is 0 Å². The lowest BCUT2D eigenvalue weighted by Gasteiger charge is -2.17. The van der Waals surface area contributed by atoms with Gasteiger partial charge in [-0.1, -0.05) is 12.1 Å². The molecule has 1 unspecified atom stereocenters. The highest BCUT2D eigenvalue weighted by atomic mass is 16.7. The molecule has 2 amide bonds. The molecule has 1 N–H and O–H groups in total. The van der Waals surface area contributed by atoms with Crippen molar-refractivity contribution in [3.8, 4) is 5.75 Å². The first-order valence-electron chi connectivity index (χ1n) is 7.63. The first-order valence-corrected chi connectivity index (χ1v) is 7.63. The fraction of sp³-hybridized carbons (Fsp3) is 0.176. The number of carbonyl (C=O) groups excluding carboxylic acids is 2. The molecule has 2 aromatic rings. The molecule has 9 heteroatoms. The van der Waals surface area contributed by atoms with Crippen LogP contribution in [0, 0.1) is 10.1 Å². The molecule has 134 valence electrons. The van der Waals surface area contributed by atoms with E-state index in [1.807, 2.05) is 0 Å². The molecule has 0 saturated carbocycles. The number of rotatable bonds is 7. The van der Waals surface area contributed by atoms with Gasteiger partial charge in [0.15, 0.2) is 0 Å². The number of nitro groups is 1. The van der Waals surface area contributed by atoms with E-state index in [9.17, 15) is 24.8 Å². The fourth-order valence-corrected chi connectivity index (χ4v) is 2.35. The third-order valence-corrected chi connectivity index (χ3v) is 3.64. The van der Waals surface area contributed by atoms with Gasteiger partial charge in [-0.05, 0) is 24.3 Å². The molecule has 0 saturated heterocycles. The smallest absolute Gasteiger partial charge is 0.285 e. The monoisotopic (exact) mass is 358 g/mol. The van der Waals surface area contributed by atoms with E-state index in [2.05, 4.69) is 0 Å². The Bertz CT molecular complexity index is 815. The number of aliphatic hydroxyl groups excluding tert-OH is 1. The Labute approximate surface area is 147 Å². The van der Waals surface area contributed by atoms with E-state index in [1.54, 1.807) is 12.1 Å². The predicted octanol–water partition coefficient (Wildman–Crippen LogP) is 1.56. The maximum Gasteiger partial charge on any atom is 0.285 e. The van der Waals surface area contributed by atoms with Crippen molar-refractivity contribution in [1.29, 1.82) is 0 Å². The van der Waals surface area contributed by atoms with Crippen LogP contribution in [0.25, 0.3) is 0 Å². The van der Waals surface area contributed by atoms with Crippen LogP contribution >= 0.6 is 0 Å². The summed E-state index contributed by atoms with van der Waals surface area (Å²) in [6.45, 7) is -0.514. The third kappa shape index (κ3) is 3.53. The van der Waals surface area contributed by atoms with Crippen LogP contribution < -0.4 is 4.74 Å². The number of nitro benzene ring substituents is 1. The summed E-state index contributed by atoms with van der Waals surface area (Å²) in [6, 6.07) is 11.7. The lowest BCUT2D eigenvalue weighted by atomic mass is 10.1. The quantitative estimate of drug-likeness (QED) is 0.453. The molecular formula is C17H14N2O7. The molecule has 3 rings (SSSR count). The zero-order chi connectivity index (χ0) is 18.7. The van der Waals surface area contributed by atoms with Crippen molar-refractivity contribution in [2.45, 2.75) is 6.10 Å². The average Bonchev–Trinajstić information content (AvgIpc) is 2.89. The standard InChI is InChI=1S/C17H14N2O7/c20-12(9-25-13-7-5-11(6-8-13)19(23)24)10-26-18-16(21)14-3-1-2-4-15(14)17(18)22/h1-8,12,20H,9-10H2. The zero-order valence-corrected chi connectivity index (χ0v) is 13.4. The molecule has 0 radical (unpaired) electrons. The van der Waals surface area contributed by atoms with Crippen molar-refractivity contribution in [2.75, 3.05) is 13.2 Å². The van der Waals surface area contributed by atoms with Crippen LogP contribution in [0.4, 0.5) is 5.69 Å².